The van der Waals surface area contributed by atoms with Crippen LogP contribution >= 0.6 is 0 Å². The number of carbonyl (C=O) groups excluding carboxylic acids is 1. The van der Waals surface area contributed by atoms with Gasteiger partial charge in [0.1, 0.15) is 5.56 Å². The zero-order valence-electron chi connectivity index (χ0n) is 11.3. The van der Waals surface area contributed by atoms with Crippen LogP contribution in [0.2, 0.25) is 0 Å². The molecule has 0 aromatic heterocycles. The third-order valence-electron chi connectivity index (χ3n) is 2.83. The molecule has 0 saturated carbocycles. The summed E-state index contributed by atoms with van der Waals surface area (Å²) in [6, 6.07) is 1.72. The summed E-state index contributed by atoms with van der Waals surface area (Å²) in [6.07, 6.45) is -4.71. The summed E-state index contributed by atoms with van der Waals surface area (Å²) in [5.74, 6) is -0.794. The van der Waals surface area contributed by atoms with Crippen molar-refractivity contribution >= 4 is 11.6 Å². The largest absolute Gasteiger partial charge is 0.416 e. The van der Waals surface area contributed by atoms with Gasteiger partial charge in [0.2, 0.25) is 0 Å². The van der Waals surface area contributed by atoms with Gasteiger partial charge in [0.05, 0.1) is 10.5 Å². The van der Waals surface area contributed by atoms with Crippen LogP contribution in [0.3, 0.4) is 0 Å². The van der Waals surface area contributed by atoms with Crippen molar-refractivity contribution in [1.29, 1.82) is 0 Å². The fourth-order valence-corrected chi connectivity index (χ4v) is 1.49. The van der Waals surface area contributed by atoms with Gasteiger partial charge in [-0.05, 0) is 26.1 Å². The Bertz CT molecular complexity index is 546. The third-order valence-corrected chi connectivity index (χ3v) is 2.83. The van der Waals surface area contributed by atoms with Crippen LogP contribution in [-0.4, -0.2) is 30.5 Å². The molecule has 0 saturated heterocycles. The molecule has 0 heterocycles. The molecule has 0 aliphatic carbocycles. The van der Waals surface area contributed by atoms with E-state index in [-0.39, 0.29) is 12.6 Å². The summed E-state index contributed by atoms with van der Waals surface area (Å²) >= 11 is 0. The van der Waals surface area contributed by atoms with Crippen molar-refractivity contribution in [1.82, 2.24) is 10.6 Å². The minimum absolute atomic E-state index is 0.0811. The fraction of sp³-hybridized carbons (Fsp3) is 0.417. The molecule has 0 bridgehead atoms. The molecule has 1 atom stereocenters. The zero-order chi connectivity index (χ0) is 16.2. The van der Waals surface area contributed by atoms with Gasteiger partial charge >= 0.3 is 6.18 Å². The monoisotopic (exact) mass is 305 g/mol. The summed E-state index contributed by atoms with van der Waals surface area (Å²) in [5, 5.41) is 16.1. The van der Waals surface area contributed by atoms with E-state index in [0.717, 1.165) is 6.07 Å². The predicted molar refractivity (Wildman–Crippen MR) is 69.0 cm³/mol. The Labute approximate surface area is 118 Å². The Morgan fingerprint density at radius 3 is 2.52 bits per heavy atom. The molecule has 0 aliphatic rings. The first-order valence-corrected chi connectivity index (χ1v) is 5.98. The topological polar surface area (TPSA) is 84.3 Å². The number of benzene rings is 1. The van der Waals surface area contributed by atoms with Crippen molar-refractivity contribution in [2.45, 2.75) is 19.1 Å². The molecule has 6 nitrogen and oxygen atoms in total. The highest BCUT2D eigenvalue weighted by molar-refractivity contribution is 5.98. The van der Waals surface area contributed by atoms with Crippen LogP contribution in [0.25, 0.3) is 0 Å². The van der Waals surface area contributed by atoms with Gasteiger partial charge in [0, 0.05) is 18.7 Å². The van der Waals surface area contributed by atoms with Crippen LogP contribution in [-0.2, 0) is 6.18 Å². The lowest BCUT2D eigenvalue weighted by Gasteiger charge is -2.12. The number of likely N-dealkylation sites (N-methyl/N-ethyl adjacent to an activating group) is 1. The van der Waals surface area contributed by atoms with Gasteiger partial charge in [-0.25, -0.2) is 0 Å². The molecule has 9 heteroatoms. The number of halogens is 3. The lowest BCUT2D eigenvalue weighted by molar-refractivity contribution is -0.385. The second kappa shape index (κ2) is 6.53. The smallest absolute Gasteiger partial charge is 0.350 e. The number of amides is 1. The molecular formula is C12H14F3N3O3. The Morgan fingerprint density at radius 1 is 1.43 bits per heavy atom. The standard InChI is InChI=1S/C12H14F3N3O3/c1-7(16-2)6-17-11(19)9-4-3-8(12(13,14)15)5-10(9)18(20)21/h3-5,7,16H,6H2,1-2H3,(H,17,19). The number of nitro groups is 1. The summed E-state index contributed by atoms with van der Waals surface area (Å²) in [4.78, 5) is 21.7. The molecule has 1 aromatic rings. The van der Waals surface area contributed by atoms with Gasteiger partial charge < -0.3 is 10.6 Å². The summed E-state index contributed by atoms with van der Waals surface area (Å²) in [6.45, 7) is 1.95. The molecular weight excluding hydrogens is 291 g/mol. The number of hydrogen-bond acceptors (Lipinski definition) is 4. The molecule has 1 unspecified atom stereocenters. The van der Waals surface area contributed by atoms with E-state index in [1.54, 1.807) is 14.0 Å². The van der Waals surface area contributed by atoms with Crippen molar-refractivity contribution in [3.63, 3.8) is 0 Å². The van der Waals surface area contributed by atoms with Gasteiger partial charge in [0.25, 0.3) is 11.6 Å². The van der Waals surface area contributed by atoms with Crippen molar-refractivity contribution in [2.24, 2.45) is 0 Å². The second-order valence-electron chi connectivity index (χ2n) is 4.39. The van der Waals surface area contributed by atoms with E-state index in [2.05, 4.69) is 10.6 Å². The molecule has 0 fully saturated rings. The SMILES string of the molecule is CNC(C)CNC(=O)c1ccc(C(F)(F)F)cc1[N+](=O)[O-]. The van der Waals surface area contributed by atoms with Crippen LogP contribution in [0, 0.1) is 10.1 Å². The Morgan fingerprint density at radius 2 is 2.05 bits per heavy atom. The number of nitro benzene ring substituents is 1. The molecule has 21 heavy (non-hydrogen) atoms. The second-order valence-corrected chi connectivity index (χ2v) is 4.39. The van der Waals surface area contributed by atoms with E-state index < -0.39 is 33.8 Å². The van der Waals surface area contributed by atoms with Crippen LogP contribution in [0.5, 0.6) is 0 Å². The van der Waals surface area contributed by atoms with E-state index in [1.165, 1.54) is 0 Å². The molecule has 0 spiro atoms. The first kappa shape index (κ1) is 16.9. The normalized spacial score (nSPS) is 12.8. The molecule has 116 valence electrons. The van der Waals surface area contributed by atoms with E-state index in [9.17, 15) is 28.1 Å². The summed E-state index contributed by atoms with van der Waals surface area (Å²) in [7, 11) is 1.66. The minimum atomic E-state index is -4.71. The molecule has 1 amide bonds. The predicted octanol–water partition coefficient (Wildman–Crippen LogP) is 1.95. The van der Waals surface area contributed by atoms with Crippen molar-refractivity contribution in [3.8, 4) is 0 Å². The van der Waals surface area contributed by atoms with Crippen molar-refractivity contribution < 1.29 is 22.9 Å². The summed E-state index contributed by atoms with van der Waals surface area (Å²) < 4.78 is 37.6. The lowest BCUT2D eigenvalue weighted by Crippen LogP contribution is -2.37. The van der Waals surface area contributed by atoms with Gasteiger partial charge in [-0.1, -0.05) is 0 Å². The highest BCUT2D eigenvalue weighted by Gasteiger charge is 2.33. The summed E-state index contributed by atoms with van der Waals surface area (Å²) in [5.41, 5.74) is -2.45. The molecule has 1 aromatic carbocycles. The van der Waals surface area contributed by atoms with Crippen LogP contribution < -0.4 is 10.6 Å². The van der Waals surface area contributed by atoms with Crippen LogP contribution in [0.15, 0.2) is 18.2 Å². The van der Waals surface area contributed by atoms with Crippen LogP contribution in [0.1, 0.15) is 22.8 Å². The fourth-order valence-electron chi connectivity index (χ4n) is 1.49. The highest BCUT2D eigenvalue weighted by Crippen LogP contribution is 2.32. The Kier molecular flexibility index (Phi) is 5.25. The first-order valence-electron chi connectivity index (χ1n) is 5.98. The first-order chi connectivity index (χ1) is 9.66. The lowest BCUT2D eigenvalue weighted by atomic mass is 10.1. The molecule has 2 N–H and O–H groups in total. The molecule has 1 rings (SSSR count). The Hall–Kier alpha value is -2.16. The molecule has 0 radical (unpaired) electrons. The van der Waals surface area contributed by atoms with E-state index in [0.29, 0.717) is 12.1 Å². The maximum Gasteiger partial charge on any atom is 0.416 e. The van der Waals surface area contributed by atoms with Crippen LogP contribution in [0.4, 0.5) is 18.9 Å². The van der Waals surface area contributed by atoms with Gasteiger partial charge in [0.15, 0.2) is 0 Å². The highest BCUT2D eigenvalue weighted by atomic mass is 19.4. The maximum absolute atomic E-state index is 12.5. The van der Waals surface area contributed by atoms with E-state index in [1.807, 2.05) is 0 Å². The maximum atomic E-state index is 12.5. The minimum Gasteiger partial charge on any atom is -0.350 e. The zero-order valence-corrected chi connectivity index (χ0v) is 11.3. The van der Waals surface area contributed by atoms with E-state index in [4.69, 9.17) is 0 Å². The van der Waals surface area contributed by atoms with Crippen molar-refractivity contribution in [2.75, 3.05) is 13.6 Å². The number of nitrogens with zero attached hydrogens (tertiary/aromatic N) is 1. The van der Waals surface area contributed by atoms with E-state index >= 15 is 0 Å². The van der Waals surface area contributed by atoms with Gasteiger partial charge in [-0.2, -0.15) is 13.2 Å². The van der Waals surface area contributed by atoms with Gasteiger partial charge in [-0.15, -0.1) is 0 Å². The third kappa shape index (κ3) is 4.42. The number of nitrogens with one attached hydrogen (secondary N) is 2. The average molecular weight is 305 g/mol. The van der Waals surface area contributed by atoms with Gasteiger partial charge in [-0.3, -0.25) is 14.9 Å². The molecule has 0 aliphatic heterocycles. The number of hydrogen-bond donors (Lipinski definition) is 2. The number of alkyl halides is 3. The average Bonchev–Trinajstić information content (AvgIpc) is 2.42. The number of rotatable bonds is 5. The van der Waals surface area contributed by atoms with Crippen molar-refractivity contribution in [3.05, 3.63) is 39.4 Å². The quantitative estimate of drug-likeness (QED) is 0.643. The Balaban J connectivity index is 3.07. The number of carbonyl (C=O) groups is 1.